The van der Waals surface area contributed by atoms with Crippen molar-refractivity contribution < 1.29 is 33.4 Å². The first kappa shape index (κ1) is 61.6. The van der Waals surface area contributed by atoms with Gasteiger partial charge in [-0.05, 0) is 112 Å². The van der Waals surface area contributed by atoms with Crippen molar-refractivity contribution in [1.82, 2.24) is 24.9 Å². The first-order chi connectivity index (χ1) is 36.7. The van der Waals surface area contributed by atoms with Gasteiger partial charge in [-0.25, -0.2) is 0 Å². The van der Waals surface area contributed by atoms with Crippen molar-refractivity contribution in [2.24, 2.45) is 11.8 Å². The zero-order valence-electron chi connectivity index (χ0n) is 48.1. The minimum absolute atomic E-state index is 0.00449. The van der Waals surface area contributed by atoms with Crippen molar-refractivity contribution in [1.29, 1.82) is 0 Å². The van der Waals surface area contributed by atoms with Crippen LogP contribution >= 0.6 is 11.6 Å². The van der Waals surface area contributed by atoms with Crippen LogP contribution in [-0.2, 0) is 40.0 Å². The molecule has 13 nitrogen and oxygen atoms in total. The Bertz CT molecular complexity index is 2440. The largest absolute Gasteiger partial charge is 0.438 e. The number of unbranched alkanes of at least 4 members (excludes halogenated alkanes) is 1. The van der Waals surface area contributed by atoms with E-state index in [1.165, 1.54) is 82.4 Å². The number of piperazine rings is 1. The number of halogens is 1. The average molecular weight is 1070 g/mol. The number of methoxy groups -OCH3 is 1. The summed E-state index contributed by atoms with van der Waals surface area (Å²) in [6, 6.07) is 10.2. The molecule has 2 saturated carbocycles. The molecule has 1 saturated heterocycles. The first-order valence-corrected chi connectivity index (χ1v) is 28.8. The predicted octanol–water partition coefficient (Wildman–Crippen LogP) is 11.3. The quantitative estimate of drug-likeness (QED) is 0.0772. The number of nitrogens with one attached hydrogen (secondary N) is 1. The number of benzene rings is 2. The van der Waals surface area contributed by atoms with Crippen LogP contribution in [0.2, 0.25) is 5.02 Å². The van der Waals surface area contributed by atoms with E-state index in [1.807, 2.05) is 33.8 Å². The normalized spacial score (nSPS) is 17.9. The van der Waals surface area contributed by atoms with E-state index in [0.29, 0.717) is 31.2 Å². The maximum atomic E-state index is 12.8. The minimum atomic E-state index is -0.273. The fraction of sp³-hybridized carbons (Fsp3) is 0.597. The number of likely N-dealkylation sites (N-methyl/N-ethyl adjacent to an activating group) is 2. The number of esters is 1. The summed E-state index contributed by atoms with van der Waals surface area (Å²) in [7, 11) is 5.29. The fourth-order valence-electron chi connectivity index (χ4n) is 10.9. The smallest absolute Gasteiger partial charge is 0.310 e. The number of aryl methyl sites for hydroxylation is 1. The number of carbonyl (C=O) groups is 5. The van der Waals surface area contributed by atoms with Gasteiger partial charge in [-0.1, -0.05) is 95.8 Å². The minimum Gasteiger partial charge on any atom is -0.438 e. The van der Waals surface area contributed by atoms with E-state index in [9.17, 15) is 24.0 Å². The van der Waals surface area contributed by atoms with Gasteiger partial charge < -0.3 is 39.2 Å². The summed E-state index contributed by atoms with van der Waals surface area (Å²) in [5, 5.41) is 3.51. The van der Waals surface area contributed by atoms with Crippen molar-refractivity contribution in [3.05, 3.63) is 91.7 Å². The van der Waals surface area contributed by atoms with Gasteiger partial charge in [-0.2, -0.15) is 0 Å². The highest BCUT2D eigenvalue weighted by atomic mass is 35.5. The van der Waals surface area contributed by atoms with E-state index in [-0.39, 0.29) is 30.6 Å². The Morgan fingerprint density at radius 2 is 1.64 bits per heavy atom. The molecule has 14 heteroatoms. The van der Waals surface area contributed by atoms with Crippen molar-refractivity contribution in [3.63, 3.8) is 0 Å². The highest BCUT2D eigenvalue weighted by Gasteiger charge is 2.38. The lowest BCUT2D eigenvalue weighted by atomic mass is 9.82. The summed E-state index contributed by atoms with van der Waals surface area (Å²) in [6.45, 7) is 24.0. The molecule has 2 aliphatic carbocycles. The van der Waals surface area contributed by atoms with Crippen LogP contribution in [0.1, 0.15) is 160 Å². The number of rotatable bonds is 20. The SMILES string of the molecule is CC.CCCC(C)C(=O)OCOC.CCCCC1=C(C=O)CN(CCN2CCN(C(=O)CC3CCC3)CC2)c2c1ccc(Cl)c2C1=C(C)N(C)CC=C1C.CNC(=O)C(CCC=O)N1Cc2c(C)cccc2C1=C1CC1. The summed E-state index contributed by atoms with van der Waals surface area (Å²) < 4.78 is 9.34. The van der Waals surface area contributed by atoms with Crippen molar-refractivity contribution >= 4 is 64.5 Å². The van der Waals surface area contributed by atoms with Gasteiger partial charge in [-0.3, -0.25) is 24.1 Å². The molecule has 2 aromatic rings. The number of aldehydes is 2. The van der Waals surface area contributed by atoms with E-state index in [0.717, 1.165) is 138 Å². The molecule has 6 aliphatic rings. The number of amides is 2. The molecule has 418 valence electrons. The molecule has 0 radical (unpaired) electrons. The first-order valence-electron chi connectivity index (χ1n) is 28.4. The molecular formula is C62H91ClN6O7. The average Bonchev–Trinajstić information content (AvgIpc) is 4.19. The zero-order chi connectivity index (χ0) is 55.5. The highest BCUT2D eigenvalue weighted by Crippen LogP contribution is 2.48. The lowest BCUT2D eigenvalue weighted by molar-refractivity contribution is -0.158. The predicted molar refractivity (Wildman–Crippen MR) is 310 cm³/mol. The molecular weight excluding hydrogens is 976 g/mol. The number of ether oxygens (including phenoxy) is 2. The van der Waals surface area contributed by atoms with Crippen LogP contribution in [0.5, 0.6) is 0 Å². The Labute approximate surface area is 461 Å². The van der Waals surface area contributed by atoms with Crippen molar-refractivity contribution in [2.45, 2.75) is 151 Å². The van der Waals surface area contributed by atoms with Crippen molar-refractivity contribution in [3.8, 4) is 0 Å². The van der Waals surface area contributed by atoms with Gasteiger partial charge in [0.05, 0.1) is 16.6 Å². The molecule has 2 amide bonds. The second kappa shape index (κ2) is 30.6. The number of anilines is 1. The van der Waals surface area contributed by atoms with Gasteiger partial charge in [0.15, 0.2) is 6.79 Å². The Hall–Kier alpha value is -5.24. The van der Waals surface area contributed by atoms with Crippen LogP contribution in [0.15, 0.2) is 58.8 Å². The summed E-state index contributed by atoms with van der Waals surface area (Å²) in [5.41, 5.74) is 15.7. The number of carbonyl (C=O) groups excluding carboxylic acids is 5. The summed E-state index contributed by atoms with van der Waals surface area (Å²) >= 11 is 7.07. The molecule has 0 aromatic heterocycles. The summed E-state index contributed by atoms with van der Waals surface area (Å²) in [5.74, 6) is 0.766. The lowest BCUT2D eigenvalue weighted by Crippen LogP contribution is -2.51. The maximum absolute atomic E-state index is 12.8. The van der Waals surface area contributed by atoms with Gasteiger partial charge in [-0.15, -0.1) is 0 Å². The van der Waals surface area contributed by atoms with Crippen LogP contribution in [0, 0.1) is 18.8 Å². The number of nitrogens with zero attached hydrogens (tertiary/aromatic N) is 5. The van der Waals surface area contributed by atoms with Crippen molar-refractivity contribution in [2.75, 3.05) is 85.3 Å². The van der Waals surface area contributed by atoms with E-state index in [2.05, 4.69) is 99.6 Å². The molecule has 1 N–H and O–H groups in total. The second-order valence-corrected chi connectivity index (χ2v) is 21.4. The van der Waals surface area contributed by atoms with Gasteiger partial charge in [0.2, 0.25) is 11.8 Å². The third-order valence-corrected chi connectivity index (χ3v) is 16.1. The third-order valence-electron chi connectivity index (χ3n) is 15.8. The molecule has 8 rings (SSSR count). The Kier molecular flexibility index (Phi) is 24.8. The molecule has 0 bridgehead atoms. The fourth-order valence-corrected chi connectivity index (χ4v) is 11.2. The van der Waals surface area contributed by atoms with E-state index in [1.54, 1.807) is 7.05 Å². The van der Waals surface area contributed by atoms with Crippen LogP contribution in [0.4, 0.5) is 5.69 Å². The Balaban J connectivity index is 0.000000253. The highest BCUT2D eigenvalue weighted by molar-refractivity contribution is 6.33. The zero-order valence-corrected chi connectivity index (χ0v) is 48.8. The third kappa shape index (κ3) is 15.7. The monoisotopic (exact) mass is 1070 g/mol. The van der Waals surface area contributed by atoms with Crippen LogP contribution < -0.4 is 10.2 Å². The lowest BCUT2D eigenvalue weighted by Gasteiger charge is -2.40. The van der Waals surface area contributed by atoms with Crippen LogP contribution in [-0.4, -0.2) is 136 Å². The van der Waals surface area contributed by atoms with Gasteiger partial charge in [0.25, 0.3) is 0 Å². The molecule has 2 unspecified atom stereocenters. The van der Waals surface area contributed by atoms with Gasteiger partial charge in [0.1, 0.15) is 18.6 Å². The second-order valence-electron chi connectivity index (χ2n) is 21.0. The molecule has 2 atom stereocenters. The molecule has 76 heavy (non-hydrogen) atoms. The van der Waals surface area contributed by atoms with Crippen LogP contribution in [0.25, 0.3) is 16.8 Å². The molecule has 0 spiro atoms. The molecule has 3 fully saturated rings. The number of allylic oxidation sites excluding steroid dienone is 5. The Morgan fingerprint density at radius 3 is 2.25 bits per heavy atom. The van der Waals surface area contributed by atoms with E-state index >= 15 is 0 Å². The topological polar surface area (TPSA) is 132 Å². The van der Waals surface area contributed by atoms with Crippen LogP contribution in [0.3, 0.4) is 0 Å². The standard InChI is InChI=1S/C34H47ClN4O2.C18H22N2O2.C8H16O3.C2H6/c1-5-6-10-28-27(23-40)22-39(20-17-37-15-18-38(19-16-37)31(41)21-26-8-7-9-26)34-29(28)11-12-30(35)33(34)32-24(2)13-14-36(4)25(32)3;1-12-5-3-6-14-15(12)11-20(17(14)13-8-9-13)16(7-4-10-21)18(22)19-2;1-4-5-7(2)8(9)11-6-10-3;1-2/h11-13,23,26H,5-10,14-22H2,1-4H3;3,5-6,10,16H,4,7-9,11H2,1-2H3,(H,19,22);7H,4-6H2,1-3H3;1-2H3. The number of hydrogen-bond acceptors (Lipinski definition) is 11. The number of hydrogen-bond donors (Lipinski definition) is 1. The molecule has 4 heterocycles. The summed E-state index contributed by atoms with van der Waals surface area (Å²) in [6.07, 6.45) is 16.8. The number of fused-ring (bicyclic) bond motifs is 2. The maximum Gasteiger partial charge on any atom is 0.310 e. The molecule has 2 aromatic carbocycles. The molecule has 4 aliphatic heterocycles. The Morgan fingerprint density at radius 1 is 0.921 bits per heavy atom. The summed E-state index contributed by atoms with van der Waals surface area (Å²) in [4.78, 5) is 70.7. The van der Waals surface area contributed by atoms with E-state index in [4.69, 9.17) is 16.3 Å². The van der Waals surface area contributed by atoms with Gasteiger partial charge in [0, 0.05) is 132 Å². The van der Waals surface area contributed by atoms with Gasteiger partial charge >= 0.3 is 5.97 Å². The van der Waals surface area contributed by atoms with E-state index < -0.39 is 0 Å².